The second-order valence-corrected chi connectivity index (χ2v) is 4.56. The van der Waals surface area contributed by atoms with Gasteiger partial charge in [0.2, 0.25) is 0 Å². The Hall–Kier alpha value is -2.88. The molecule has 0 fully saturated rings. The van der Waals surface area contributed by atoms with Crippen molar-refractivity contribution in [3.63, 3.8) is 0 Å². The number of carboxylic acid groups (broad SMARTS) is 1. The van der Waals surface area contributed by atoms with Gasteiger partial charge in [-0.05, 0) is 19.1 Å². The quantitative estimate of drug-likeness (QED) is 0.650. The van der Waals surface area contributed by atoms with Crippen molar-refractivity contribution in [1.29, 1.82) is 0 Å². The topological polar surface area (TPSA) is 66.4 Å². The van der Waals surface area contributed by atoms with E-state index in [9.17, 15) is 9.59 Å². The molecule has 4 heteroatoms. The van der Waals surface area contributed by atoms with Crippen molar-refractivity contribution in [2.75, 3.05) is 5.32 Å². The van der Waals surface area contributed by atoms with Gasteiger partial charge in [-0.2, -0.15) is 0 Å². The molecule has 0 aromatic heterocycles. The third-order valence-corrected chi connectivity index (χ3v) is 2.97. The van der Waals surface area contributed by atoms with Crippen LogP contribution >= 0.6 is 0 Å². The first-order valence-corrected chi connectivity index (χ1v) is 6.44. The molecule has 0 aliphatic heterocycles. The summed E-state index contributed by atoms with van der Waals surface area (Å²) in [5.74, 6) is -1.16. The minimum Gasteiger partial charge on any atom is -0.478 e. The van der Waals surface area contributed by atoms with E-state index in [0.29, 0.717) is 11.3 Å². The highest BCUT2D eigenvalue weighted by molar-refractivity contribution is 6.04. The lowest BCUT2D eigenvalue weighted by Gasteiger charge is -2.04. The molecule has 0 bridgehead atoms. The number of carboxylic acids is 1. The van der Waals surface area contributed by atoms with Crippen LogP contribution in [0.25, 0.3) is 0 Å². The largest absolute Gasteiger partial charge is 0.478 e. The van der Waals surface area contributed by atoms with Crippen LogP contribution in [0.5, 0.6) is 0 Å². The Morgan fingerprint density at radius 2 is 1.71 bits per heavy atom. The highest BCUT2D eigenvalue weighted by atomic mass is 16.4. The Balaban J connectivity index is 2.07. The Bertz CT molecular complexity index is 687. The molecule has 106 valence electrons. The van der Waals surface area contributed by atoms with Crippen LogP contribution in [-0.4, -0.2) is 16.9 Å². The molecule has 2 aromatic rings. The summed E-state index contributed by atoms with van der Waals surface area (Å²) in [4.78, 5) is 23.0. The fourth-order valence-electron chi connectivity index (χ4n) is 1.82. The molecule has 0 aliphatic rings. The van der Waals surface area contributed by atoms with Crippen molar-refractivity contribution in [3.8, 4) is 0 Å². The van der Waals surface area contributed by atoms with Gasteiger partial charge in [-0.15, -0.1) is 0 Å². The van der Waals surface area contributed by atoms with E-state index in [0.717, 1.165) is 5.56 Å². The average Bonchev–Trinajstić information content (AvgIpc) is 2.48. The van der Waals surface area contributed by atoms with Gasteiger partial charge in [0.15, 0.2) is 5.78 Å². The van der Waals surface area contributed by atoms with Crippen molar-refractivity contribution in [3.05, 3.63) is 77.5 Å². The predicted molar refractivity (Wildman–Crippen MR) is 81.7 cm³/mol. The van der Waals surface area contributed by atoms with Crippen LogP contribution in [0.2, 0.25) is 0 Å². The van der Waals surface area contributed by atoms with E-state index in [1.165, 1.54) is 18.3 Å². The normalized spacial score (nSPS) is 10.5. The number of benzene rings is 2. The minimum absolute atomic E-state index is 0.143. The molecule has 0 atom stereocenters. The van der Waals surface area contributed by atoms with Gasteiger partial charge in [0.25, 0.3) is 0 Å². The van der Waals surface area contributed by atoms with Crippen molar-refractivity contribution >= 4 is 17.4 Å². The maximum Gasteiger partial charge on any atom is 0.337 e. The Morgan fingerprint density at radius 3 is 2.38 bits per heavy atom. The molecule has 0 radical (unpaired) electrons. The summed E-state index contributed by atoms with van der Waals surface area (Å²) >= 11 is 0. The lowest BCUT2D eigenvalue weighted by molar-refractivity contribution is 0.0698. The molecule has 2 rings (SSSR count). The maximum absolute atomic E-state index is 11.9. The van der Waals surface area contributed by atoms with Crippen LogP contribution in [0, 0.1) is 6.92 Å². The van der Waals surface area contributed by atoms with Crippen LogP contribution in [-0.2, 0) is 0 Å². The van der Waals surface area contributed by atoms with E-state index < -0.39 is 5.97 Å². The smallest absolute Gasteiger partial charge is 0.337 e. The van der Waals surface area contributed by atoms with E-state index in [2.05, 4.69) is 5.32 Å². The number of aryl methyl sites for hydroxylation is 1. The van der Waals surface area contributed by atoms with Gasteiger partial charge in [-0.3, -0.25) is 4.79 Å². The van der Waals surface area contributed by atoms with Gasteiger partial charge in [0, 0.05) is 17.8 Å². The zero-order chi connectivity index (χ0) is 15.2. The lowest BCUT2D eigenvalue weighted by Crippen LogP contribution is -2.02. The minimum atomic E-state index is -1.02. The van der Waals surface area contributed by atoms with Crippen molar-refractivity contribution in [2.45, 2.75) is 6.92 Å². The number of hydrogen-bond acceptors (Lipinski definition) is 3. The molecular formula is C17H15NO3. The lowest BCUT2D eigenvalue weighted by atomic mass is 10.1. The first kappa shape index (κ1) is 14.5. The molecule has 0 amide bonds. The second-order valence-electron chi connectivity index (χ2n) is 4.56. The Kier molecular flexibility index (Phi) is 4.51. The number of allylic oxidation sites excluding steroid dienone is 1. The summed E-state index contributed by atoms with van der Waals surface area (Å²) in [6, 6.07) is 13.8. The van der Waals surface area contributed by atoms with E-state index >= 15 is 0 Å². The molecule has 2 N–H and O–H groups in total. The van der Waals surface area contributed by atoms with Crippen LogP contribution in [0.3, 0.4) is 0 Å². The van der Waals surface area contributed by atoms with E-state index in [4.69, 9.17) is 5.11 Å². The van der Waals surface area contributed by atoms with Crippen molar-refractivity contribution in [2.24, 2.45) is 0 Å². The SMILES string of the molecule is Cc1ccc(C(=O)/C=C/Nc2ccccc2C(=O)O)cc1. The van der Waals surface area contributed by atoms with Crippen molar-refractivity contribution in [1.82, 2.24) is 0 Å². The molecule has 0 heterocycles. The highest BCUT2D eigenvalue weighted by Gasteiger charge is 2.07. The second kappa shape index (κ2) is 6.52. The summed E-state index contributed by atoms with van der Waals surface area (Å²) in [6.07, 6.45) is 2.83. The molecular weight excluding hydrogens is 266 g/mol. The van der Waals surface area contributed by atoms with E-state index in [1.807, 2.05) is 19.1 Å². The van der Waals surface area contributed by atoms with Gasteiger partial charge < -0.3 is 10.4 Å². The number of hydrogen-bond donors (Lipinski definition) is 2. The number of rotatable bonds is 5. The standard InChI is InChI=1S/C17H15NO3/c1-12-6-8-13(9-7-12)16(19)10-11-18-15-5-3-2-4-14(15)17(20)21/h2-11,18H,1H3,(H,20,21)/b11-10+. The maximum atomic E-state index is 11.9. The highest BCUT2D eigenvalue weighted by Crippen LogP contribution is 2.14. The third kappa shape index (κ3) is 3.79. The number of carbonyl (C=O) groups excluding carboxylic acids is 1. The summed E-state index contributed by atoms with van der Waals surface area (Å²) < 4.78 is 0. The molecule has 4 nitrogen and oxygen atoms in total. The average molecular weight is 281 g/mol. The summed E-state index contributed by atoms with van der Waals surface area (Å²) in [5.41, 5.74) is 2.28. The fourth-order valence-corrected chi connectivity index (χ4v) is 1.82. The fraction of sp³-hybridized carbons (Fsp3) is 0.0588. The Labute approximate surface area is 122 Å². The van der Waals surface area contributed by atoms with E-state index in [1.54, 1.807) is 30.3 Å². The van der Waals surface area contributed by atoms with Gasteiger partial charge in [0.1, 0.15) is 0 Å². The van der Waals surface area contributed by atoms with Crippen LogP contribution < -0.4 is 5.32 Å². The zero-order valence-corrected chi connectivity index (χ0v) is 11.5. The number of para-hydroxylation sites is 1. The summed E-state index contributed by atoms with van der Waals surface area (Å²) in [7, 11) is 0. The molecule has 0 saturated carbocycles. The molecule has 21 heavy (non-hydrogen) atoms. The van der Waals surface area contributed by atoms with Crippen LogP contribution in [0.4, 0.5) is 5.69 Å². The van der Waals surface area contributed by atoms with Gasteiger partial charge >= 0.3 is 5.97 Å². The van der Waals surface area contributed by atoms with E-state index in [-0.39, 0.29) is 11.3 Å². The van der Waals surface area contributed by atoms with Gasteiger partial charge in [-0.25, -0.2) is 4.79 Å². The van der Waals surface area contributed by atoms with Crippen molar-refractivity contribution < 1.29 is 14.7 Å². The molecule has 0 spiro atoms. The number of aromatic carboxylic acids is 1. The summed E-state index contributed by atoms with van der Waals surface area (Å²) in [5, 5.41) is 11.9. The summed E-state index contributed by atoms with van der Waals surface area (Å²) in [6.45, 7) is 1.95. The third-order valence-electron chi connectivity index (χ3n) is 2.97. The monoisotopic (exact) mass is 281 g/mol. The zero-order valence-electron chi connectivity index (χ0n) is 11.5. The number of nitrogens with one attached hydrogen (secondary N) is 1. The molecule has 0 aliphatic carbocycles. The first-order valence-electron chi connectivity index (χ1n) is 6.44. The number of ketones is 1. The molecule has 2 aromatic carbocycles. The predicted octanol–water partition coefficient (Wildman–Crippen LogP) is 3.50. The van der Waals surface area contributed by atoms with Gasteiger partial charge in [0.05, 0.1) is 11.3 Å². The molecule has 0 unspecified atom stereocenters. The number of anilines is 1. The van der Waals surface area contributed by atoms with Gasteiger partial charge in [-0.1, -0.05) is 42.0 Å². The van der Waals surface area contributed by atoms with Crippen LogP contribution in [0.15, 0.2) is 60.8 Å². The Morgan fingerprint density at radius 1 is 1.05 bits per heavy atom. The first-order chi connectivity index (χ1) is 10.1. The molecule has 0 saturated heterocycles. The van der Waals surface area contributed by atoms with Crippen LogP contribution in [0.1, 0.15) is 26.3 Å². The number of carbonyl (C=O) groups is 2.